The van der Waals surface area contributed by atoms with Gasteiger partial charge in [-0.1, -0.05) is 6.92 Å². The Labute approximate surface area is 133 Å². The molecule has 0 aliphatic heterocycles. The summed E-state index contributed by atoms with van der Waals surface area (Å²) in [6.45, 7) is 2.10. The molecule has 1 heterocycles. The molecule has 1 fully saturated rings. The number of amides is 1. The van der Waals surface area contributed by atoms with E-state index in [-0.39, 0.29) is 22.1 Å². The Morgan fingerprint density at radius 2 is 2.04 bits per heavy atom. The number of rotatable bonds is 4. The van der Waals surface area contributed by atoms with Crippen molar-refractivity contribution in [3.63, 3.8) is 0 Å². The van der Waals surface area contributed by atoms with E-state index in [0.29, 0.717) is 11.8 Å². The van der Waals surface area contributed by atoms with Crippen LogP contribution in [0.25, 0.3) is 0 Å². The topological polar surface area (TPSA) is 123 Å². The van der Waals surface area contributed by atoms with Crippen LogP contribution in [0.1, 0.15) is 35.6 Å². The maximum atomic E-state index is 12.2. The van der Waals surface area contributed by atoms with Crippen molar-refractivity contribution in [2.45, 2.75) is 24.2 Å². The molecule has 4 N–H and O–H groups in total. The van der Waals surface area contributed by atoms with Crippen LogP contribution in [-0.4, -0.2) is 19.4 Å². The third kappa shape index (κ3) is 3.22. The lowest BCUT2D eigenvalue weighted by atomic mass is 10.2. The number of furan rings is 1. The van der Waals surface area contributed by atoms with E-state index in [0.717, 1.165) is 30.4 Å². The van der Waals surface area contributed by atoms with Gasteiger partial charge in [-0.3, -0.25) is 4.79 Å². The van der Waals surface area contributed by atoms with E-state index < -0.39 is 15.9 Å². The van der Waals surface area contributed by atoms with Crippen LogP contribution >= 0.6 is 0 Å². The highest BCUT2D eigenvalue weighted by molar-refractivity contribution is 7.89. The van der Waals surface area contributed by atoms with Gasteiger partial charge in [0.05, 0.1) is 10.6 Å². The SMILES string of the molecule is C[C@H]1C[C@@H]1c1ccc(C(=O)Nc2cc(S(N)(=O)=O)ccc2O)o1. The minimum Gasteiger partial charge on any atom is -0.506 e. The zero-order valence-corrected chi connectivity index (χ0v) is 13.1. The van der Waals surface area contributed by atoms with Gasteiger partial charge in [0, 0.05) is 5.92 Å². The van der Waals surface area contributed by atoms with Crippen LogP contribution in [0.2, 0.25) is 0 Å². The minimum atomic E-state index is -3.93. The zero-order chi connectivity index (χ0) is 16.8. The molecular weight excluding hydrogens is 320 g/mol. The van der Waals surface area contributed by atoms with Crippen LogP contribution in [-0.2, 0) is 10.0 Å². The lowest BCUT2D eigenvalue weighted by Gasteiger charge is -2.07. The maximum absolute atomic E-state index is 12.2. The van der Waals surface area contributed by atoms with Gasteiger partial charge >= 0.3 is 0 Å². The quantitative estimate of drug-likeness (QED) is 0.737. The number of sulfonamides is 1. The number of anilines is 1. The number of carbonyl (C=O) groups is 1. The van der Waals surface area contributed by atoms with Crippen molar-refractivity contribution in [2.24, 2.45) is 11.1 Å². The fourth-order valence-corrected chi connectivity index (χ4v) is 2.91. The second-order valence-electron chi connectivity index (χ2n) is 5.70. The van der Waals surface area contributed by atoms with Crippen LogP contribution in [0.5, 0.6) is 5.75 Å². The van der Waals surface area contributed by atoms with Crippen molar-refractivity contribution in [3.8, 4) is 5.75 Å². The molecule has 1 saturated carbocycles. The van der Waals surface area contributed by atoms with Crippen molar-refractivity contribution in [3.05, 3.63) is 41.9 Å². The first-order chi connectivity index (χ1) is 10.8. The molecule has 2 aromatic rings. The average Bonchev–Trinajstić information content (AvgIpc) is 3.00. The Morgan fingerprint density at radius 1 is 1.35 bits per heavy atom. The largest absolute Gasteiger partial charge is 0.506 e. The third-order valence-electron chi connectivity index (χ3n) is 3.87. The number of aromatic hydroxyl groups is 1. The standard InChI is InChI=1S/C15H16N2O5S/c1-8-6-10(8)13-4-5-14(22-13)15(19)17-11-7-9(23(16,20)21)2-3-12(11)18/h2-5,7-8,10,18H,6H2,1H3,(H,17,19)(H2,16,20,21)/t8-,10-/m0/s1. The maximum Gasteiger partial charge on any atom is 0.291 e. The predicted molar refractivity (Wildman–Crippen MR) is 82.7 cm³/mol. The van der Waals surface area contributed by atoms with Crippen molar-refractivity contribution in [1.29, 1.82) is 0 Å². The van der Waals surface area contributed by atoms with Gasteiger partial charge < -0.3 is 14.8 Å². The summed E-state index contributed by atoms with van der Waals surface area (Å²) in [7, 11) is -3.93. The lowest BCUT2D eigenvalue weighted by molar-refractivity contribution is 0.0994. The van der Waals surface area contributed by atoms with Gasteiger partial charge in [0.25, 0.3) is 5.91 Å². The zero-order valence-electron chi connectivity index (χ0n) is 12.3. The number of carbonyl (C=O) groups excluding carboxylic acids is 1. The van der Waals surface area contributed by atoms with Gasteiger partial charge in [0.1, 0.15) is 11.5 Å². The Kier molecular flexibility index (Phi) is 3.65. The Hall–Kier alpha value is -2.32. The number of phenolic OH excluding ortho intramolecular Hbond substituents is 1. The van der Waals surface area contributed by atoms with E-state index in [1.807, 2.05) is 0 Å². The number of hydrogen-bond donors (Lipinski definition) is 3. The molecule has 0 radical (unpaired) electrons. The molecule has 122 valence electrons. The Morgan fingerprint density at radius 3 is 2.65 bits per heavy atom. The first kappa shape index (κ1) is 15.6. The van der Waals surface area contributed by atoms with E-state index in [2.05, 4.69) is 12.2 Å². The first-order valence-corrected chi connectivity index (χ1v) is 8.57. The molecule has 1 amide bonds. The molecule has 7 nitrogen and oxygen atoms in total. The number of nitrogens with two attached hydrogens (primary N) is 1. The molecule has 0 unspecified atom stereocenters. The highest BCUT2D eigenvalue weighted by Gasteiger charge is 2.37. The molecule has 1 aliphatic rings. The van der Waals surface area contributed by atoms with Crippen LogP contribution in [0, 0.1) is 5.92 Å². The van der Waals surface area contributed by atoms with Gasteiger partial charge in [-0.15, -0.1) is 0 Å². The molecule has 1 aromatic carbocycles. The minimum absolute atomic E-state index is 0.0562. The molecule has 23 heavy (non-hydrogen) atoms. The summed E-state index contributed by atoms with van der Waals surface area (Å²) >= 11 is 0. The predicted octanol–water partition coefficient (Wildman–Crippen LogP) is 2.01. The van der Waals surface area contributed by atoms with Crippen molar-refractivity contribution >= 4 is 21.6 Å². The molecule has 1 aliphatic carbocycles. The summed E-state index contributed by atoms with van der Waals surface area (Å²) in [6, 6.07) is 6.70. The van der Waals surface area contributed by atoms with E-state index in [4.69, 9.17) is 9.56 Å². The number of primary sulfonamides is 1. The molecule has 2 atom stereocenters. The number of nitrogens with one attached hydrogen (secondary N) is 1. The summed E-state index contributed by atoms with van der Waals surface area (Å²) in [5.41, 5.74) is -0.0562. The molecule has 1 aromatic heterocycles. The second-order valence-corrected chi connectivity index (χ2v) is 7.26. The third-order valence-corrected chi connectivity index (χ3v) is 4.78. The van der Waals surface area contributed by atoms with Gasteiger partial charge in [0.15, 0.2) is 5.76 Å². The summed E-state index contributed by atoms with van der Waals surface area (Å²) < 4.78 is 28.2. The number of benzene rings is 1. The van der Waals surface area contributed by atoms with E-state index in [1.54, 1.807) is 12.1 Å². The highest BCUT2D eigenvalue weighted by atomic mass is 32.2. The summed E-state index contributed by atoms with van der Waals surface area (Å²) in [6.07, 6.45) is 1.03. The van der Waals surface area contributed by atoms with Gasteiger partial charge in [-0.05, 0) is 42.7 Å². The Bertz CT molecular complexity index is 872. The van der Waals surface area contributed by atoms with E-state index >= 15 is 0 Å². The van der Waals surface area contributed by atoms with E-state index in [1.165, 1.54) is 0 Å². The molecule has 0 bridgehead atoms. The normalized spacial score (nSPS) is 20.3. The lowest BCUT2D eigenvalue weighted by Crippen LogP contribution is -2.14. The number of hydrogen-bond acceptors (Lipinski definition) is 5. The fourth-order valence-electron chi connectivity index (χ4n) is 2.37. The number of phenols is 1. The van der Waals surface area contributed by atoms with Crippen LogP contribution < -0.4 is 10.5 Å². The first-order valence-electron chi connectivity index (χ1n) is 7.02. The molecule has 3 rings (SSSR count). The summed E-state index contributed by atoms with van der Waals surface area (Å²) in [5, 5.41) is 17.2. The molecule has 8 heteroatoms. The van der Waals surface area contributed by atoms with E-state index in [9.17, 15) is 18.3 Å². The fraction of sp³-hybridized carbons (Fsp3) is 0.267. The Balaban J connectivity index is 1.81. The molecule has 0 spiro atoms. The molecular formula is C15H16N2O5S. The highest BCUT2D eigenvalue weighted by Crippen LogP contribution is 2.47. The summed E-state index contributed by atoms with van der Waals surface area (Å²) in [4.78, 5) is 12.0. The second kappa shape index (κ2) is 5.39. The monoisotopic (exact) mass is 336 g/mol. The van der Waals surface area contributed by atoms with Gasteiger partial charge in [-0.25, -0.2) is 13.6 Å². The summed E-state index contributed by atoms with van der Waals surface area (Å²) in [5.74, 6) is 0.896. The average molecular weight is 336 g/mol. The smallest absolute Gasteiger partial charge is 0.291 e. The van der Waals surface area contributed by atoms with Crippen molar-refractivity contribution < 1.29 is 22.7 Å². The van der Waals surface area contributed by atoms with Gasteiger partial charge in [-0.2, -0.15) is 0 Å². The van der Waals surface area contributed by atoms with Crippen molar-refractivity contribution in [2.75, 3.05) is 5.32 Å². The van der Waals surface area contributed by atoms with Gasteiger partial charge in [0.2, 0.25) is 10.0 Å². The van der Waals surface area contributed by atoms with Crippen molar-refractivity contribution in [1.82, 2.24) is 0 Å². The van der Waals surface area contributed by atoms with Crippen LogP contribution in [0.3, 0.4) is 0 Å². The molecule has 0 saturated heterocycles. The van der Waals surface area contributed by atoms with Crippen LogP contribution in [0.4, 0.5) is 5.69 Å². The van der Waals surface area contributed by atoms with Crippen LogP contribution in [0.15, 0.2) is 39.6 Å².